The average Bonchev–Trinajstić information content (AvgIpc) is 2.29. The van der Waals surface area contributed by atoms with Crippen molar-refractivity contribution in [3.05, 3.63) is 50.8 Å². The van der Waals surface area contributed by atoms with Crippen LogP contribution in [0.15, 0.2) is 18.2 Å². The first kappa shape index (κ1) is 14.2. The Morgan fingerprint density at radius 1 is 0.895 bits per heavy atom. The van der Waals surface area contributed by atoms with Gasteiger partial charge in [0.15, 0.2) is 17.5 Å². The van der Waals surface area contributed by atoms with Gasteiger partial charge < -0.3 is 5.32 Å². The van der Waals surface area contributed by atoms with Crippen LogP contribution in [0.25, 0.3) is 0 Å². The van der Waals surface area contributed by atoms with Gasteiger partial charge in [-0.1, -0.05) is 34.8 Å². The van der Waals surface area contributed by atoms with Crippen LogP contribution in [-0.4, -0.2) is 4.98 Å². The molecular weight excluding hydrogens is 323 g/mol. The molecule has 0 radical (unpaired) electrons. The van der Waals surface area contributed by atoms with Crippen LogP contribution in [-0.2, 0) is 0 Å². The molecule has 0 saturated heterocycles. The van der Waals surface area contributed by atoms with Gasteiger partial charge in [-0.3, -0.25) is 0 Å². The summed E-state index contributed by atoms with van der Waals surface area (Å²) in [7, 11) is 0. The summed E-state index contributed by atoms with van der Waals surface area (Å²) in [5, 5.41) is 2.32. The Morgan fingerprint density at radius 3 is 2.05 bits per heavy atom. The third kappa shape index (κ3) is 3.05. The Kier molecular flexibility index (Phi) is 4.08. The third-order valence-corrected chi connectivity index (χ3v) is 3.10. The van der Waals surface area contributed by atoms with E-state index in [1.54, 1.807) is 0 Å². The Bertz CT molecular complexity index is 626. The number of aromatic nitrogens is 1. The van der Waals surface area contributed by atoms with Crippen molar-refractivity contribution >= 4 is 46.3 Å². The molecule has 2 nitrogen and oxygen atoms in total. The van der Waals surface area contributed by atoms with E-state index in [2.05, 4.69) is 10.3 Å². The van der Waals surface area contributed by atoms with Gasteiger partial charge in [-0.05, 0) is 6.07 Å². The molecule has 2 aromatic rings. The molecule has 0 spiro atoms. The molecule has 8 heteroatoms. The van der Waals surface area contributed by atoms with Gasteiger partial charge in [0.05, 0.1) is 10.0 Å². The van der Waals surface area contributed by atoms with Crippen molar-refractivity contribution in [2.75, 3.05) is 5.32 Å². The first-order valence-electron chi connectivity index (χ1n) is 4.81. The Morgan fingerprint density at radius 2 is 1.47 bits per heavy atom. The number of hydrogen-bond donors (Lipinski definition) is 1. The van der Waals surface area contributed by atoms with Crippen LogP contribution in [0.2, 0.25) is 15.2 Å². The fraction of sp³-hybridized carbons (Fsp3) is 0. The van der Waals surface area contributed by atoms with E-state index in [9.17, 15) is 13.2 Å². The summed E-state index contributed by atoms with van der Waals surface area (Å²) in [5.41, 5.74) is -0.589. The molecule has 1 heterocycles. The van der Waals surface area contributed by atoms with Gasteiger partial charge in [0.1, 0.15) is 16.7 Å². The maximum absolute atomic E-state index is 13.4. The number of halogens is 6. The minimum Gasteiger partial charge on any atom is -0.334 e. The lowest BCUT2D eigenvalue weighted by molar-refractivity contribution is 0.549. The van der Waals surface area contributed by atoms with Crippen LogP contribution in [0.1, 0.15) is 0 Å². The van der Waals surface area contributed by atoms with Crippen LogP contribution >= 0.6 is 34.8 Å². The summed E-state index contributed by atoms with van der Waals surface area (Å²) in [6.07, 6.45) is 0. The monoisotopic (exact) mass is 326 g/mol. The van der Waals surface area contributed by atoms with Gasteiger partial charge in [-0.25, -0.2) is 18.2 Å². The van der Waals surface area contributed by atoms with E-state index in [-0.39, 0.29) is 21.0 Å². The van der Waals surface area contributed by atoms with Crippen molar-refractivity contribution in [1.29, 1.82) is 0 Å². The smallest absolute Gasteiger partial charge is 0.152 e. The van der Waals surface area contributed by atoms with Gasteiger partial charge in [0.25, 0.3) is 0 Å². The molecule has 0 fully saturated rings. The number of pyridine rings is 1. The van der Waals surface area contributed by atoms with Crippen molar-refractivity contribution in [3.63, 3.8) is 0 Å². The molecule has 0 atom stereocenters. The summed E-state index contributed by atoms with van der Waals surface area (Å²) in [4.78, 5) is 3.74. The lowest BCUT2D eigenvalue weighted by Crippen LogP contribution is -2.01. The molecule has 0 aliphatic rings. The number of rotatable bonds is 2. The fourth-order valence-corrected chi connectivity index (χ4v) is 1.86. The maximum atomic E-state index is 13.4. The first-order chi connectivity index (χ1) is 8.88. The second kappa shape index (κ2) is 5.45. The summed E-state index contributed by atoms with van der Waals surface area (Å²) in [6.45, 7) is 0. The van der Waals surface area contributed by atoms with E-state index < -0.39 is 23.1 Å². The number of benzene rings is 1. The maximum Gasteiger partial charge on any atom is 0.152 e. The van der Waals surface area contributed by atoms with Crippen molar-refractivity contribution in [2.24, 2.45) is 0 Å². The number of nitrogens with zero attached hydrogens (tertiary/aromatic N) is 1. The zero-order valence-corrected chi connectivity index (χ0v) is 11.2. The molecule has 19 heavy (non-hydrogen) atoms. The Labute approximate surface area is 121 Å². The topological polar surface area (TPSA) is 24.9 Å². The van der Waals surface area contributed by atoms with Crippen molar-refractivity contribution in [1.82, 2.24) is 4.98 Å². The molecule has 1 N–H and O–H groups in total. The lowest BCUT2D eigenvalue weighted by atomic mass is 10.2. The normalized spacial score (nSPS) is 10.6. The average molecular weight is 328 g/mol. The van der Waals surface area contributed by atoms with E-state index in [1.165, 1.54) is 6.07 Å². The second-order valence-corrected chi connectivity index (χ2v) is 4.63. The summed E-state index contributed by atoms with van der Waals surface area (Å²) >= 11 is 17.1. The standard InChI is InChI=1S/C11H4Cl3F3N2/c12-5-3-6(13)11(19-10(5)14)18-9-7(16)1-4(15)2-8(9)17/h1-3H,(H,18,19). The number of hydrogen-bond acceptors (Lipinski definition) is 2. The summed E-state index contributed by atoms with van der Waals surface area (Å²) in [6, 6.07) is 2.31. The van der Waals surface area contributed by atoms with Crippen LogP contribution in [0.4, 0.5) is 24.7 Å². The molecular formula is C11H4Cl3F3N2. The van der Waals surface area contributed by atoms with Gasteiger partial charge in [-0.15, -0.1) is 0 Å². The highest BCUT2D eigenvalue weighted by Gasteiger charge is 2.15. The zero-order valence-electron chi connectivity index (χ0n) is 8.95. The van der Waals surface area contributed by atoms with Crippen molar-refractivity contribution in [2.45, 2.75) is 0 Å². The molecule has 0 bridgehead atoms. The van der Waals surface area contributed by atoms with E-state index in [4.69, 9.17) is 34.8 Å². The zero-order chi connectivity index (χ0) is 14.2. The van der Waals surface area contributed by atoms with E-state index >= 15 is 0 Å². The highest BCUT2D eigenvalue weighted by atomic mass is 35.5. The predicted molar refractivity (Wildman–Crippen MR) is 68.9 cm³/mol. The molecule has 100 valence electrons. The van der Waals surface area contributed by atoms with Crippen molar-refractivity contribution in [3.8, 4) is 0 Å². The minimum absolute atomic E-state index is 0.0116. The SMILES string of the molecule is Fc1cc(F)c(Nc2nc(Cl)c(Cl)cc2Cl)c(F)c1. The molecule has 0 saturated carbocycles. The van der Waals surface area contributed by atoms with Crippen LogP contribution in [0.3, 0.4) is 0 Å². The molecule has 1 aromatic carbocycles. The second-order valence-electron chi connectivity index (χ2n) is 3.46. The fourth-order valence-electron chi connectivity index (χ4n) is 1.31. The minimum atomic E-state index is -1.12. The largest absolute Gasteiger partial charge is 0.334 e. The number of anilines is 2. The Hall–Kier alpha value is -1.17. The van der Waals surface area contributed by atoms with Crippen molar-refractivity contribution < 1.29 is 13.2 Å². The predicted octanol–water partition coefficient (Wildman–Crippen LogP) is 5.20. The first-order valence-corrected chi connectivity index (χ1v) is 5.95. The highest BCUT2D eigenvalue weighted by molar-refractivity contribution is 6.43. The van der Waals surface area contributed by atoms with Gasteiger partial charge in [0.2, 0.25) is 0 Å². The molecule has 0 aliphatic carbocycles. The Balaban J connectivity index is 2.45. The van der Waals surface area contributed by atoms with E-state index in [0.717, 1.165) is 0 Å². The van der Waals surface area contributed by atoms with Crippen LogP contribution in [0.5, 0.6) is 0 Å². The van der Waals surface area contributed by atoms with Crippen LogP contribution < -0.4 is 5.32 Å². The summed E-state index contributed by atoms with van der Waals surface area (Å²) in [5.74, 6) is -3.38. The van der Waals surface area contributed by atoms with E-state index in [1.807, 2.05) is 0 Å². The van der Waals surface area contributed by atoms with Gasteiger partial charge in [0, 0.05) is 12.1 Å². The van der Waals surface area contributed by atoms with Crippen LogP contribution in [0, 0.1) is 17.5 Å². The quantitative estimate of drug-likeness (QED) is 0.767. The molecule has 0 amide bonds. The molecule has 0 unspecified atom stereocenters. The summed E-state index contributed by atoms with van der Waals surface area (Å²) < 4.78 is 39.6. The third-order valence-electron chi connectivity index (χ3n) is 2.14. The number of nitrogens with one attached hydrogen (secondary N) is 1. The van der Waals surface area contributed by atoms with Gasteiger partial charge in [-0.2, -0.15) is 0 Å². The van der Waals surface area contributed by atoms with Gasteiger partial charge >= 0.3 is 0 Å². The highest BCUT2D eigenvalue weighted by Crippen LogP contribution is 2.32. The molecule has 2 rings (SSSR count). The lowest BCUT2D eigenvalue weighted by Gasteiger charge is -2.10. The molecule has 1 aromatic heterocycles. The van der Waals surface area contributed by atoms with E-state index in [0.29, 0.717) is 12.1 Å². The molecule has 0 aliphatic heterocycles.